The van der Waals surface area contributed by atoms with Crippen molar-refractivity contribution in [2.24, 2.45) is 0 Å². The van der Waals surface area contributed by atoms with Gasteiger partial charge >= 0.3 is 5.97 Å². The Morgan fingerprint density at radius 3 is 1.01 bits per heavy atom. The SMILES string of the molecule is CCCCCCCCCCCCCCCCCCCCCCCCCC(O)C(CO)NC(=O)CCCCCCCCCCCCCCCC/C=C\C/C=C\CCOC(=O)CCCCCCCCCCCCCCCC. The van der Waals surface area contributed by atoms with Crippen LogP contribution in [0.5, 0.6) is 0 Å². The van der Waals surface area contributed by atoms with Crippen LogP contribution < -0.4 is 5.32 Å². The first kappa shape index (κ1) is 73.3. The van der Waals surface area contributed by atoms with Crippen LogP contribution in [0.25, 0.3) is 0 Å². The molecule has 0 fully saturated rings. The molecule has 0 radical (unpaired) electrons. The number of hydrogen-bond acceptors (Lipinski definition) is 5. The van der Waals surface area contributed by atoms with Gasteiger partial charge in [0.2, 0.25) is 5.91 Å². The lowest BCUT2D eigenvalue weighted by Crippen LogP contribution is -2.45. The summed E-state index contributed by atoms with van der Waals surface area (Å²) in [6, 6.07) is -0.546. The van der Waals surface area contributed by atoms with Crippen LogP contribution in [0.4, 0.5) is 0 Å². The zero-order valence-corrected chi connectivity index (χ0v) is 50.8. The van der Waals surface area contributed by atoms with E-state index in [-0.39, 0.29) is 18.5 Å². The van der Waals surface area contributed by atoms with Crippen LogP contribution in [0, 0.1) is 0 Å². The minimum Gasteiger partial charge on any atom is -0.465 e. The van der Waals surface area contributed by atoms with E-state index < -0.39 is 12.1 Å². The molecule has 3 N–H and O–H groups in total. The van der Waals surface area contributed by atoms with E-state index in [4.69, 9.17) is 4.74 Å². The number of esters is 1. The quantitative estimate of drug-likeness (QED) is 0.0320. The molecular weight excluding hydrogens is 923 g/mol. The van der Waals surface area contributed by atoms with Crippen molar-refractivity contribution in [1.29, 1.82) is 0 Å². The average Bonchev–Trinajstić information content (AvgIpc) is 3.41. The predicted molar refractivity (Wildman–Crippen MR) is 329 cm³/mol. The Labute approximate surface area is 469 Å². The molecule has 6 nitrogen and oxygen atoms in total. The number of allylic oxidation sites excluding steroid dienone is 3. The summed E-state index contributed by atoms with van der Waals surface area (Å²) >= 11 is 0. The van der Waals surface area contributed by atoms with Gasteiger partial charge in [-0.3, -0.25) is 9.59 Å². The van der Waals surface area contributed by atoms with Gasteiger partial charge in [0.25, 0.3) is 0 Å². The minimum atomic E-state index is -0.669. The van der Waals surface area contributed by atoms with Gasteiger partial charge in [0, 0.05) is 12.8 Å². The van der Waals surface area contributed by atoms with Gasteiger partial charge in [0.15, 0.2) is 0 Å². The highest BCUT2D eigenvalue weighted by Crippen LogP contribution is 2.19. The van der Waals surface area contributed by atoms with E-state index in [1.54, 1.807) is 0 Å². The number of carbonyl (C=O) groups is 2. The summed E-state index contributed by atoms with van der Waals surface area (Å²) in [6.45, 7) is 4.88. The maximum atomic E-state index is 12.5. The Balaban J connectivity index is 3.44. The fourth-order valence-electron chi connectivity index (χ4n) is 10.8. The van der Waals surface area contributed by atoms with Crippen molar-refractivity contribution >= 4 is 11.9 Å². The molecule has 0 saturated heterocycles. The summed E-state index contributed by atoms with van der Waals surface area (Å²) in [5, 5.41) is 23.4. The van der Waals surface area contributed by atoms with E-state index in [0.29, 0.717) is 25.9 Å². The second kappa shape index (κ2) is 64.9. The number of amides is 1. The minimum absolute atomic E-state index is 0.0320. The fourth-order valence-corrected chi connectivity index (χ4v) is 10.8. The molecule has 0 aromatic rings. The third-order valence-electron chi connectivity index (χ3n) is 16.0. The van der Waals surface area contributed by atoms with Gasteiger partial charge in [0.1, 0.15) is 0 Å². The zero-order chi connectivity index (χ0) is 54.3. The van der Waals surface area contributed by atoms with E-state index in [1.807, 2.05) is 0 Å². The summed E-state index contributed by atoms with van der Waals surface area (Å²) in [5.74, 6) is -0.0673. The number of rotatable bonds is 64. The average molecular weight is 1060 g/mol. The molecule has 0 spiro atoms. The topological polar surface area (TPSA) is 95.9 Å². The van der Waals surface area contributed by atoms with Crippen LogP contribution in [-0.4, -0.2) is 47.4 Å². The summed E-state index contributed by atoms with van der Waals surface area (Å²) in [7, 11) is 0. The Morgan fingerprint density at radius 2 is 0.667 bits per heavy atom. The van der Waals surface area contributed by atoms with E-state index in [0.717, 1.165) is 51.4 Å². The molecule has 2 atom stereocenters. The summed E-state index contributed by atoms with van der Waals surface area (Å²) in [4.78, 5) is 24.6. The van der Waals surface area contributed by atoms with Gasteiger partial charge in [0.05, 0.1) is 25.4 Å². The van der Waals surface area contributed by atoms with Gasteiger partial charge in [-0.1, -0.05) is 346 Å². The van der Waals surface area contributed by atoms with Crippen molar-refractivity contribution in [2.45, 2.75) is 392 Å². The molecule has 6 heteroatoms. The first-order valence-electron chi connectivity index (χ1n) is 34.1. The number of ether oxygens (including phenoxy) is 1. The molecule has 0 rings (SSSR count). The second-order valence-electron chi connectivity index (χ2n) is 23.5. The van der Waals surface area contributed by atoms with Gasteiger partial charge in [-0.05, 0) is 44.9 Å². The lowest BCUT2D eigenvalue weighted by molar-refractivity contribution is -0.143. The van der Waals surface area contributed by atoms with Gasteiger partial charge in [-0.25, -0.2) is 0 Å². The zero-order valence-electron chi connectivity index (χ0n) is 50.8. The lowest BCUT2D eigenvalue weighted by atomic mass is 10.0. The number of carbonyl (C=O) groups excluding carboxylic acids is 2. The molecule has 0 aromatic carbocycles. The third kappa shape index (κ3) is 61.4. The smallest absolute Gasteiger partial charge is 0.305 e. The molecule has 0 bridgehead atoms. The molecule has 0 aliphatic rings. The number of aliphatic hydroxyl groups is 2. The number of unbranched alkanes of at least 4 members (excludes halogenated alkanes) is 49. The highest BCUT2D eigenvalue weighted by Gasteiger charge is 2.20. The fraction of sp³-hybridized carbons (Fsp3) is 0.913. The highest BCUT2D eigenvalue weighted by molar-refractivity contribution is 5.76. The summed E-state index contributed by atoms with van der Waals surface area (Å²) in [6.07, 6.45) is 80.8. The van der Waals surface area contributed by atoms with E-state index in [1.165, 1.54) is 295 Å². The first-order chi connectivity index (χ1) is 37.0. The lowest BCUT2D eigenvalue weighted by Gasteiger charge is -2.22. The van der Waals surface area contributed by atoms with Crippen molar-refractivity contribution in [3.8, 4) is 0 Å². The number of nitrogens with one attached hydrogen (secondary N) is 1. The van der Waals surface area contributed by atoms with Gasteiger partial charge < -0.3 is 20.3 Å². The third-order valence-corrected chi connectivity index (χ3v) is 16.0. The van der Waals surface area contributed by atoms with E-state index in [9.17, 15) is 19.8 Å². The maximum absolute atomic E-state index is 12.5. The normalized spacial score (nSPS) is 12.6. The van der Waals surface area contributed by atoms with Crippen LogP contribution in [0.3, 0.4) is 0 Å². The van der Waals surface area contributed by atoms with Gasteiger partial charge in [-0.15, -0.1) is 0 Å². The van der Waals surface area contributed by atoms with Crippen LogP contribution in [0.1, 0.15) is 380 Å². The van der Waals surface area contributed by atoms with Crippen molar-refractivity contribution in [1.82, 2.24) is 5.32 Å². The maximum Gasteiger partial charge on any atom is 0.305 e. The van der Waals surface area contributed by atoms with Crippen molar-refractivity contribution in [2.75, 3.05) is 13.2 Å². The molecule has 0 aromatic heterocycles. The Bertz CT molecular complexity index is 1170. The Kier molecular flexibility index (Phi) is 63.4. The highest BCUT2D eigenvalue weighted by atomic mass is 16.5. The monoisotopic (exact) mass is 1060 g/mol. The molecule has 0 aliphatic carbocycles. The van der Waals surface area contributed by atoms with Crippen LogP contribution in [0.2, 0.25) is 0 Å². The van der Waals surface area contributed by atoms with Crippen LogP contribution in [0.15, 0.2) is 24.3 Å². The molecule has 75 heavy (non-hydrogen) atoms. The molecule has 1 amide bonds. The molecule has 444 valence electrons. The first-order valence-corrected chi connectivity index (χ1v) is 34.1. The number of hydrogen-bond donors (Lipinski definition) is 3. The van der Waals surface area contributed by atoms with Crippen molar-refractivity contribution < 1.29 is 24.5 Å². The molecule has 2 unspecified atom stereocenters. The van der Waals surface area contributed by atoms with E-state index in [2.05, 4.69) is 43.5 Å². The summed E-state index contributed by atoms with van der Waals surface area (Å²) < 4.78 is 5.42. The molecule has 0 aliphatic heterocycles. The largest absolute Gasteiger partial charge is 0.465 e. The van der Waals surface area contributed by atoms with E-state index >= 15 is 0 Å². The standard InChI is InChI=1S/C69H133NO5/c1-3-5-7-9-11-13-15-17-19-20-21-22-23-25-28-31-34-37-41-45-49-53-57-61-67(72)66(65-71)70-68(73)62-58-54-50-46-42-38-35-32-29-26-24-27-30-33-36-40-44-48-52-56-60-64-75-69(74)63-59-55-51-47-43-39-18-16-14-12-10-8-6-4-2/h40,44,52,56,66-67,71-72H,3-39,41-43,45-51,53-55,57-65H2,1-2H3,(H,70,73)/b44-40-,56-52-. The Hall–Kier alpha value is -1.66. The van der Waals surface area contributed by atoms with Crippen molar-refractivity contribution in [3.05, 3.63) is 24.3 Å². The van der Waals surface area contributed by atoms with Gasteiger partial charge in [-0.2, -0.15) is 0 Å². The Morgan fingerprint density at radius 1 is 0.373 bits per heavy atom. The molecule has 0 saturated carbocycles. The van der Waals surface area contributed by atoms with Crippen LogP contribution >= 0.6 is 0 Å². The summed E-state index contributed by atoms with van der Waals surface area (Å²) in [5.41, 5.74) is 0. The number of aliphatic hydroxyl groups excluding tert-OH is 2. The molecular formula is C69H133NO5. The van der Waals surface area contributed by atoms with Crippen molar-refractivity contribution in [3.63, 3.8) is 0 Å². The molecule has 0 heterocycles. The van der Waals surface area contributed by atoms with Crippen LogP contribution in [-0.2, 0) is 14.3 Å². The predicted octanol–water partition coefficient (Wildman–Crippen LogP) is 21.8. The second-order valence-corrected chi connectivity index (χ2v) is 23.5.